The molecule has 6 heteroatoms. The van der Waals surface area contributed by atoms with Crippen molar-refractivity contribution in [1.29, 1.82) is 0 Å². The first-order valence-electron chi connectivity index (χ1n) is 11.5. The topological polar surface area (TPSA) is 67.8 Å². The Hall–Kier alpha value is -2.66. The van der Waals surface area contributed by atoms with Gasteiger partial charge in [0.1, 0.15) is 5.75 Å². The van der Waals surface area contributed by atoms with Crippen molar-refractivity contribution in [3.8, 4) is 5.75 Å². The Morgan fingerprint density at radius 1 is 0.938 bits per heavy atom. The lowest BCUT2D eigenvalue weighted by molar-refractivity contribution is -0.121. The summed E-state index contributed by atoms with van der Waals surface area (Å²) in [5, 5.41) is 4.48. The molecule has 0 bridgehead atoms. The van der Waals surface area contributed by atoms with Gasteiger partial charge in [0.25, 0.3) is 0 Å². The quantitative estimate of drug-likeness (QED) is 0.110. The molecular formula is C26H33ClN2O3. The third kappa shape index (κ3) is 10.6. The smallest absolute Gasteiger partial charge is 0.343 e. The number of benzene rings is 2. The van der Waals surface area contributed by atoms with Crippen LogP contribution in [0.5, 0.6) is 5.75 Å². The molecule has 0 heterocycles. The molecule has 0 aromatic heterocycles. The summed E-state index contributed by atoms with van der Waals surface area (Å²) in [6, 6.07) is 13.5. The zero-order valence-corrected chi connectivity index (χ0v) is 19.6. The van der Waals surface area contributed by atoms with Gasteiger partial charge in [-0.15, -0.1) is 0 Å². The van der Waals surface area contributed by atoms with Crippen molar-refractivity contribution in [3.63, 3.8) is 0 Å². The van der Waals surface area contributed by atoms with E-state index in [1.807, 2.05) is 0 Å². The molecule has 0 spiro atoms. The average Bonchev–Trinajstić information content (AvgIpc) is 2.79. The Morgan fingerprint density at radius 2 is 1.59 bits per heavy atom. The van der Waals surface area contributed by atoms with Gasteiger partial charge in [0, 0.05) is 11.4 Å². The number of nitrogens with zero attached hydrogens (tertiary/aromatic N) is 1. The Kier molecular flexibility index (Phi) is 12.2. The zero-order chi connectivity index (χ0) is 23.0. The fourth-order valence-electron chi connectivity index (χ4n) is 3.23. The molecule has 0 fully saturated rings. The highest BCUT2D eigenvalue weighted by Crippen LogP contribution is 2.16. The maximum Gasteiger partial charge on any atom is 0.343 e. The van der Waals surface area contributed by atoms with Gasteiger partial charge < -0.3 is 4.74 Å². The Balaban J connectivity index is 1.62. The van der Waals surface area contributed by atoms with Crippen molar-refractivity contribution in [3.05, 3.63) is 64.7 Å². The van der Waals surface area contributed by atoms with E-state index in [-0.39, 0.29) is 5.91 Å². The minimum absolute atomic E-state index is 0.0729. The van der Waals surface area contributed by atoms with Gasteiger partial charge in [-0.25, -0.2) is 10.2 Å². The first-order valence-corrected chi connectivity index (χ1v) is 11.9. The molecule has 172 valence electrons. The van der Waals surface area contributed by atoms with E-state index in [4.69, 9.17) is 16.3 Å². The number of rotatable bonds is 14. The van der Waals surface area contributed by atoms with E-state index in [1.165, 1.54) is 44.9 Å². The molecule has 1 N–H and O–H groups in total. The van der Waals surface area contributed by atoms with Crippen molar-refractivity contribution in [1.82, 2.24) is 5.43 Å². The highest BCUT2D eigenvalue weighted by molar-refractivity contribution is 6.30. The van der Waals surface area contributed by atoms with Crippen LogP contribution in [0, 0.1) is 0 Å². The predicted molar refractivity (Wildman–Crippen MR) is 130 cm³/mol. The van der Waals surface area contributed by atoms with Crippen molar-refractivity contribution in [2.24, 2.45) is 5.10 Å². The summed E-state index contributed by atoms with van der Waals surface area (Å²) in [5.41, 5.74) is 3.74. The van der Waals surface area contributed by atoms with Crippen molar-refractivity contribution in [2.45, 2.75) is 71.1 Å². The summed E-state index contributed by atoms with van der Waals surface area (Å²) in [6.07, 6.45) is 13.1. The van der Waals surface area contributed by atoms with Crippen LogP contribution in [0.1, 0.15) is 87.1 Å². The van der Waals surface area contributed by atoms with E-state index in [0.29, 0.717) is 22.8 Å². The van der Waals surface area contributed by atoms with Gasteiger partial charge in [0.15, 0.2) is 0 Å². The minimum atomic E-state index is -0.474. The third-order valence-corrected chi connectivity index (χ3v) is 5.30. The van der Waals surface area contributed by atoms with Crippen LogP contribution in [0.25, 0.3) is 0 Å². The molecule has 2 aromatic carbocycles. The number of ether oxygens (including phenoxy) is 1. The second-order valence-electron chi connectivity index (χ2n) is 7.84. The molecule has 2 aromatic rings. The SMILES string of the molecule is CCCCCCCCCCCC(=O)N/N=C\c1ccc(OC(=O)c2cccc(Cl)c2)cc1. The van der Waals surface area contributed by atoms with Crippen molar-refractivity contribution in [2.75, 3.05) is 0 Å². The van der Waals surface area contributed by atoms with Crippen LogP contribution in [-0.4, -0.2) is 18.1 Å². The number of hydrogen-bond donors (Lipinski definition) is 1. The number of unbranched alkanes of at least 4 members (excludes halogenated alkanes) is 8. The van der Waals surface area contributed by atoms with Crippen LogP contribution in [-0.2, 0) is 4.79 Å². The molecule has 0 saturated heterocycles. The van der Waals surface area contributed by atoms with E-state index >= 15 is 0 Å². The molecule has 0 aliphatic carbocycles. The molecule has 1 amide bonds. The fraction of sp³-hybridized carbons (Fsp3) is 0.423. The largest absolute Gasteiger partial charge is 0.423 e. The van der Waals surface area contributed by atoms with Gasteiger partial charge in [-0.05, 0) is 54.4 Å². The standard InChI is InChI=1S/C26H33ClN2O3/c1-2-3-4-5-6-7-8-9-10-14-25(30)29-28-20-21-15-17-24(18-16-21)32-26(31)22-12-11-13-23(27)19-22/h11-13,15-20H,2-10,14H2,1H3,(H,29,30)/b28-20-. The number of hydrogen-bond acceptors (Lipinski definition) is 4. The van der Waals surface area contributed by atoms with Crippen LogP contribution in [0.15, 0.2) is 53.6 Å². The molecule has 0 radical (unpaired) electrons. The second kappa shape index (κ2) is 15.2. The maximum atomic E-state index is 12.1. The van der Waals surface area contributed by atoms with Gasteiger partial charge in [-0.3, -0.25) is 4.79 Å². The Morgan fingerprint density at radius 3 is 2.25 bits per heavy atom. The predicted octanol–water partition coefficient (Wildman–Crippen LogP) is 6.93. The Labute approximate surface area is 196 Å². The summed E-state index contributed by atoms with van der Waals surface area (Å²) in [5.74, 6) is -0.129. The molecule has 0 atom stereocenters. The summed E-state index contributed by atoms with van der Waals surface area (Å²) in [4.78, 5) is 24.0. The molecule has 32 heavy (non-hydrogen) atoms. The van der Waals surface area contributed by atoms with Crippen LogP contribution in [0.2, 0.25) is 5.02 Å². The maximum absolute atomic E-state index is 12.1. The number of carbonyl (C=O) groups excluding carboxylic acids is 2. The number of nitrogens with one attached hydrogen (secondary N) is 1. The molecule has 5 nitrogen and oxygen atoms in total. The van der Waals surface area contributed by atoms with Crippen LogP contribution in [0.4, 0.5) is 0 Å². The second-order valence-corrected chi connectivity index (χ2v) is 8.28. The van der Waals surface area contributed by atoms with Gasteiger partial charge in [0.05, 0.1) is 11.8 Å². The summed E-state index contributed by atoms with van der Waals surface area (Å²) in [7, 11) is 0. The summed E-state index contributed by atoms with van der Waals surface area (Å²) in [6.45, 7) is 2.23. The van der Waals surface area contributed by atoms with Crippen molar-refractivity contribution >= 4 is 29.7 Å². The molecular weight excluding hydrogens is 424 g/mol. The normalized spacial score (nSPS) is 10.9. The lowest BCUT2D eigenvalue weighted by Gasteiger charge is -2.05. The number of carbonyl (C=O) groups is 2. The zero-order valence-electron chi connectivity index (χ0n) is 18.8. The molecule has 0 saturated carbocycles. The lowest BCUT2D eigenvalue weighted by Crippen LogP contribution is -2.16. The number of amides is 1. The van der Waals surface area contributed by atoms with E-state index in [9.17, 15) is 9.59 Å². The van der Waals surface area contributed by atoms with Gasteiger partial charge in [-0.2, -0.15) is 5.10 Å². The number of halogens is 1. The van der Waals surface area contributed by atoms with Gasteiger partial charge in [-0.1, -0.05) is 76.0 Å². The molecule has 2 rings (SSSR count). The first kappa shape index (κ1) is 25.6. The summed E-state index contributed by atoms with van der Waals surface area (Å²) < 4.78 is 5.34. The highest BCUT2D eigenvalue weighted by atomic mass is 35.5. The Bertz CT molecular complexity index is 866. The highest BCUT2D eigenvalue weighted by Gasteiger charge is 2.08. The van der Waals surface area contributed by atoms with Crippen LogP contribution < -0.4 is 10.2 Å². The van der Waals surface area contributed by atoms with Crippen LogP contribution in [0.3, 0.4) is 0 Å². The van der Waals surface area contributed by atoms with Crippen LogP contribution >= 0.6 is 11.6 Å². The number of hydrazone groups is 1. The third-order valence-electron chi connectivity index (χ3n) is 5.06. The lowest BCUT2D eigenvalue weighted by atomic mass is 10.1. The monoisotopic (exact) mass is 456 g/mol. The average molecular weight is 457 g/mol. The minimum Gasteiger partial charge on any atom is -0.423 e. The first-order chi connectivity index (χ1) is 15.6. The van der Waals surface area contributed by atoms with Gasteiger partial charge in [0.2, 0.25) is 5.91 Å². The van der Waals surface area contributed by atoms with E-state index in [2.05, 4.69) is 17.5 Å². The molecule has 0 aliphatic rings. The number of esters is 1. The molecule has 0 aliphatic heterocycles. The van der Waals surface area contributed by atoms with Gasteiger partial charge >= 0.3 is 5.97 Å². The summed E-state index contributed by atoms with van der Waals surface area (Å²) >= 11 is 5.90. The van der Waals surface area contributed by atoms with Crippen molar-refractivity contribution < 1.29 is 14.3 Å². The van der Waals surface area contributed by atoms with E-state index in [0.717, 1.165) is 18.4 Å². The van der Waals surface area contributed by atoms with E-state index in [1.54, 1.807) is 54.7 Å². The van der Waals surface area contributed by atoms with E-state index < -0.39 is 5.97 Å². The molecule has 0 unspecified atom stereocenters. The fourth-order valence-corrected chi connectivity index (χ4v) is 3.42.